The van der Waals surface area contributed by atoms with Gasteiger partial charge in [-0.1, -0.05) is 0 Å². The largest absolute Gasteiger partial charge is 0.437 e. The van der Waals surface area contributed by atoms with E-state index in [1.807, 2.05) is 0 Å². The van der Waals surface area contributed by atoms with E-state index in [0.29, 0.717) is 30.0 Å². The smallest absolute Gasteiger partial charge is 0.425 e. The van der Waals surface area contributed by atoms with Crippen LogP contribution in [0.25, 0.3) is 5.65 Å². The summed E-state index contributed by atoms with van der Waals surface area (Å²) < 4.78 is 96.3. The van der Waals surface area contributed by atoms with Crippen LogP contribution in [-0.4, -0.2) is 73.9 Å². The molecule has 2 aromatic heterocycles. The van der Waals surface area contributed by atoms with Crippen molar-refractivity contribution < 1.29 is 45.1 Å². The number of rotatable bonds is 4. The summed E-state index contributed by atoms with van der Waals surface area (Å²) in [5, 5.41) is 3.90. The van der Waals surface area contributed by atoms with Gasteiger partial charge in [-0.05, 0) is 38.7 Å². The summed E-state index contributed by atoms with van der Waals surface area (Å²) in [4.78, 5) is 31.7. The van der Waals surface area contributed by atoms with Crippen molar-refractivity contribution in [3.05, 3.63) is 29.2 Å². The number of ether oxygens (including phenoxy) is 1. The van der Waals surface area contributed by atoms with Crippen molar-refractivity contribution in [3.8, 4) is 0 Å². The fourth-order valence-corrected chi connectivity index (χ4v) is 4.70. The lowest BCUT2D eigenvalue weighted by Crippen LogP contribution is -2.55. The summed E-state index contributed by atoms with van der Waals surface area (Å²) in [6.07, 6.45) is -12.6. The van der Waals surface area contributed by atoms with Gasteiger partial charge in [-0.15, -0.1) is 0 Å². The van der Waals surface area contributed by atoms with Crippen LogP contribution in [0.1, 0.15) is 67.3 Å². The van der Waals surface area contributed by atoms with Gasteiger partial charge < -0.3 is 14.5 Å². The summed E-state index contributed by atoms with van der Waals surface area (Å²) in [6.45, 7) is 1.13. The van der Waals surface area contributed by atoms with Crippen LogP contribution in [-0.2, 0) is 4.74 Å². The van der Waals surface area contributed by atoms with Gasteiger partial charge in [0.2, 0.25) is 0 Å². The van der Waals surface area contributed by atoms with Gasteiger partial charge >= 0.3 is 12.3 Å². The molecule has 8 nitrogen and oxygen atoms in total. The first kappa shape index (κ1) is 25.9. The lowest BCUT2D eigenvalue weighted by molar-refractivity contribution is -0.200. The molecule has 0 saturated carbocycles. The molecular weight excluding hydrogens is 503 g/mol. The monoisotopic (exact) mass is 525 g/mol. The highest BCUT2D eigenvalue weighted by atomic mass is 19.4. The lowest BCUT2D eigenvalue weighted by Gasteiger charge is -2.44. The van der Waals surface area contributed by atoms with E-state index >= 15 is 0 Å². The molecule has 1 spiro atoms. The SMILES string of the molecule is CC(OC(=O)N1CCC2(CCCN2C(=O)c2cc3nc(C(F)F)cc(C(F)F)n3n2)CC1)C(F)(F)F. The normalized spacial score (nSPS) is 19.1. The first-order valence-corrected chi connectivity index (χ1v) is 11.1. The van der Waals surface area contributed by atoms with E-state index in [4.69, 9.17) is 0 Å². The van der Waals surface area contributed by atoms with Crippen molar-refractivity contribution in [1.82, 2.24) is 24.4 Å². The zero-order valence-electron chi connectivity index (χ0n) is 18.9. The van der Waals surface area contributed by atoms with E-state index in [-0.39, 0.29) is 37.3 Å². The Bertz CT molecular complexity index is 1140. The Morgan fingerprint density at radius 2 is 1.69 bits per heavy atom. The molecule has 0 aromatic carbocycles. The molecule has 2 amide bonds. The molecule has 15 heteroatoms. The van der Waals surface area contributed by atoms with E-state index in [1.54, 1.807) is 0 Å². The second kappa shape index (κ2) is 9.39. The lowest BCUT2D eigenvalue weighted by atomic mass is 9.85. The van der Waals surface area contributed by atoms with Gasteiger partial charge in [0, 0.05) is 31.2 Å². The third-order valence-corrected chi connectivity index (χ3v) is 6.67. The summed E-state index contributed by atoms with van der Waals surface area (Å²) in [7, 11) is 0. The first-order valence-electron chi connectivity index (χ1n) is 11.1. The molecule has 0 radical (unpaired) electrons. The zero-order valence-corrected chi connectivity index (χ0v) is 18.9. The van der Waals surface area contributed by atoms with Crippen molar-refractivity contribution in [3.63, 3.8) is 0 Å². The minimum absolute atomic E-state index is 0.0488. The second-order valence-corrected chi connectivity index (χ2v) is 8.85. The Morgan fingerprint density at radius 1 is 1.03 bits per heavy atom. The van der Waals surface area contributed by atoms with Crippen LogP contribution >= 0.6 is 0 Å². The molecule has 0 N–H and O–H groups in total. The number of carbonyl (C=O) groups is 2. The molecule has 36 heavy (non-hydrogen) atoms. The molecule has 0 bridgehead atoms. The number of nitrogens with zero attached hydrogens (tertiary/aromatic N) is 5. The number of likely N-dealkylation sites (tertiary alicyclic amines) is 2. The van der Waals surface area contributed by atoms with Gasteiger partial charge in [-0.2, -0.15) is 18.3 Å². The Morgan fingerprint density at radius 3 is 2.28 bits per heavy atom. The number of carbonyl (C=O) groups excluding carboxylic acids is 2. The number of fused-ring (bicyclic) bond motifs is 1. The van der Waals surface area contributed by atoms with Gasteiger partial charge in [0.05, 0.1) is 0 Å². The van der Waals surface area contributed by atoms with Gasteiger partial charge in [0.1, 0.15) is 11.4 Å². The number of amides is 2. The van der Waals surface area contributed by atoms with Crippen molar-refractivity contribution in [1.29, 1.82) is 0 Å². The van der Waals surface area contributed by atoms with E-state index < -0.39 is 54.1 Å². The molecule has 2 saturated heterocycles. The average molecular weight is 525 g/mol. The summed E-state index contributed by atoms with van der Waals surface area (Å²) in [5.41, 5.74) is -2.99. The Balaban J connectivity index is 1.52. The number of halogens is 7. The molecule has 198 valence electrons. The van der Waals surface area contributed by atoms with Crippen molar-refractivity contribution >= 4 is 17.6 Å². The van der Waals surface area contributed by atoms with Crippen LogP contribution < -0.4 is 0 Å². The molecule has 0 aliphatic carbocycles. The molecule has 2 aliphatic rings. The van der Waals surface area contributed by atoms with Gasteiger partial charge in [0.15, 0.2) is 17.4 Å². The standard InChI is InChI=1S/C21H22F7N5O3/c1-11(21(26,27)28)36-19(35)31-7-4-20(5-8-31)3-2-6-32(20)18(34)13-10-15-29-12(16(22)23)9-14(17(24)25)33(15)30-13/h9-11,16-17H,2-8H2,1H3. The van der Waals surface area contributed by atoms with Crippen LogP contribution in [0.15, 0.2) is 12.1 Å². The van der Waals surface area contributed by atoms with E-state index in [0.717, 1.165) is 17.9 Å². The molecule has 2 aliphatic heterocycles. The highest BCUT2D eigenvalue weighted by molar-refractivity contribution is 5.94. The minimum atomic E-state index is -4.69. The molecular formula is C21H22F7N5O3. The van der Waals surface area contributed by atoms with Crippen LogP contribution in [0.5, 0.6) is 0 Å². The quantitative estimate of drug-likeness (QED) is 0.538. The molecule has 4 heterocycles. The number of hydrogen-bond acceptors (Lipinski definition) is 5. The summed E-state index contributed by atoms with van der Waals surface area (Å²) in [5.74, 6) is -0.612. The van der Waals surface area contributed by atoms with Gasteiger partial charge in [-0.25, -0.2) is 31.9 Å². The third-order valence-electron chi connectivity index (χ3n) is 6.67. The van der Waals surface area contributed by atoms with Crippen molar-refractivity contribution in [2.75, 3.05) is 19.6 Å². The Hall–Kier alpha value is -3.13. The minimum Gasteiger partial charge on any atom is -0.437 e. The first-order chi connectivity index (χ1) is 16.8. The highest BCUT2D eigenvalue weighted by Crippen LogP contribution is 2.40. The van der Waals surface area contributed by atoms with Gasteiger partial charge in [0.25, 0.3) is 18.8 Å². The third kappa shape index (κ3) is 4.78. The maximum atomic E-state index is 13.4. The summed E-state index contributed by atoms with van der Waals surface area (Å²) in [6, 6.07) is 1.60. The highest BCUT2D eigenvalue weighted by Gasteiger charge is 2.47. The number of piperidine rings is 1. The van der Waals surface area contributed by atoms with Crippen LogP contribution in [0.4, 0.5) is 35.5 Å². The van der Waals surface area contributed by atoms with Crippen molar-refractivity contribution in [2.24, 2.45) is 0 Å². The molecule has 2 aromatic rings. The maximum Gasteiger partial charge on any atom is 0.425 e. The molecule has 1 unspecified atom stereocenters. The Labute approximate surface area is 200 Å². The van der Waals surface area contributed by atoms with Crippen LogP contribution in [0.3, 0.4) is 0 Å². The van der Waals surface area contributed by atoms with E-state index in [1.165, 1.54) is 4.90 Å². The van der Waals surface area contributed by atoms with Crippen molar-refractivity contribution in [2.45, 2.75) is 63.3 Å². The van der Waals surface area contributed by atoms with Gasteiger partial charge in [-0.3, -0.25) is 4.79 Å². The number of alkyl halides is 7. The fourth-order valence-electron chi connectivity index (χ4n) is 4.70. The van der Waals surface area contributed by atoms with E-state index in [9.17, 15) is 40.3 Å². The number of hydrogen-bond donors (Lipinski definition) is 0. The topological polar surface area (TPSA) is 80.0 Å². The molecule has 4 rings (SSSR count). The summed E-state index contributed by atoms with van der Waals surface area (Å²) >= 11 is 0. The van der Waals surface area contributed by atoms with Crippen LogP contribution in [0, 0.1) is 0 Å². The molecule has 2 fully saturated rings. The predicted octanol–water partition coefficient (Wildman–Crippen LogP) is 4.76. The predicted molar refractivity (Wildman–Crippen MR) is 109 cm³/mol. The zero-order chi connectivity index (χ0) is 26.4. The fraction of sp³-hybridized carbons (Fsp3) is 0.619. The van der Waals surface area contributed by atoms with Crippen LogP contribution in [0.2, 0.25) is 0 Å². The number of aromatic nitrogens is 3. The Kier molecular flexibility index (Phi) is 6.77. The average Bonchev–Trinajstić information content (AvgIpc) is 3.41. The molecule has 1 atom stereocenters. The second-order valence-electron chi connectivity index (χ2n) is 8.85. The van der Waals surface area contributed by atoms with E-state index in [2.05, 4.69) is 14.8 Å². The maximum absolute atomic E-state index is 13.4.